The Morgan fingerprint density at radius 1 is 1.10 bits per heavy atom. The molecule has 0 unspecified atom stereocenters. The summed E-state index contributed by atoms with van der Waals surface area (Å²) in [6, 6.07) is 14.1. The van der Waals surface area contributed by atoms with Gasteiger partial charge >= 0.3 is 0 Å². The molecule has 5 rings (SSSR count). The number of aryl methyl sites for hydroxylation is 2. The summed E-state index contributed by atoms with van der Waals surface area (Å²) in [6.07, 6.45) is 2.59. The topological polar surface area (TPSA) is 88.1 Å². The highest BCUT2D eigenvalue weighted by Crippen LogP contribution is 2.43. The fourth-order valence-corrected chi connectivity index (χ4v) is 4.47. The van der Waals surface area contributed by atoms with Crippen LogP contribution in [0.25, 0.3) is 11.5 Å². The Hall–Kier alpha value is -2.78. The molecule has 0 bridgehead atoms. The zero-order valence-corrected chi connectivity index (χ0v) is 17.6. The molecule has 2 aromatic rings. The van der Waals surface area contributed by atoms with Crippen molar-refractivity contribution in [1.82, 2.24) is 19.5 Å². The van der Waals surface area contributed by atoms with Crippen molar-refractivity contribution in [3.63, 3.8) is 0 Å². The maximum Gasteiger partial charge on any atom is 0.231 e. The number of benzene rings is 2. The average molecular weight is 470 g/mol. The van der Waals surface area contributed by atoms with Crippen LogP contribution in [0.4, 0.5) is 5.82 Å². The molecule has 7 nitrogen and oxygen atoms in total. The lowest BCUT2D eigenvalue weighted by Gasteiger charge is -2.11. The van der Waals surface area contributed by atoms with Gasteiger partial charge in [0, 0.05) is 15.9 Å². The fourth-order valence-electron chi connectivity index (χ4n) is 3.11. The molecule has 146 valence electrons. The van der Waals surface area contributed by atoms with Gasteiger partial charge in [0.1, 0.15) is 0 Å². The number of ether oxygens (including phenoxy) is 2. The molecule has 9 heteroatoms. The van der Waals surface area contributed by atoms with Gasteiger partial charge in [-0.3, -0.25) is 0 Å². The number of nitrogens with zero attached hydrogens (tertiary/aromatic N) is 4. The molecule has 0 fully saturated rings. The van der Waals surface area contributed by atoms with Gasteiger partial charge in [-0.1, -0.05) is 30.3 Å². The molecule has 3 heterocycles. The SMILES string of the molecule is Nc1ncn(CCc2ccccc2)c2nc(Sc3cc4c(cc3Br)OCO4)nc1-2. The number of nitrogens with two attached hydrogens (primary N) is 1. The Morgan fingerprint density at radius 2 is 1.90 bits per heavy atom. The molecule has 3 aliphatic heterocycles. The van der Waals surface area contributed by atoms with Crippen molar-refractivity contribution in [2.24, 2.45) is 0 Å². The molecule has 0 radical (unpaired) electrons. The van der Waals surface area contributed by atoms with Gasteiger partial charge in [0.25, 0.3) is 0 Å². The summed E-state index contributed by atoms with van der Waals surface area (Å²) >= 11 is 5.01. The second-order valence-corrected chi connectivity index (χ2v) is 8.34. The standard InChI is InChI=1S/C20H16BrN5O2S/c21-13-8-14-15(28-11-27-14)9-16(13)29-20-24-17-18(22)23-10-26(19(17)25-20)7-6-12-4-2-1-3-5-12/h1-5,8-10H,6-7,11,22H2. The number of rotatable bonds is 5. The number of imidazole rings is 1. The maximum atomic E-state index is 6.06. The zero-order chi connectivity index (χ0) is 19.8. The van der Waals surface area contributed by atoms with Crippen LogP contribution in [0, 0.1) is 0 Å². The number of aromatic nitrogens is 4. The molecule has 0 amide bonds. The van der Waals surface area contributed by atoms with Crippen molar-refractivity contribution < 1.29 is 9.47 Å². The molecule has 0 atom stereocenters. The summed E-state index contributed by atoms with van der Waals surface area (Å²) in [4.78, 5) is 14.6. The third-order valence-corrected chi connectivity index (χ3v) is 6.43. The first-order valence-electron chi connectivity index (χ1n) is 8.96. The smallest absolute Gasteiger partial charge is 0.231 e. The van der Waals surface area contributed by atoms with Gasteiger partial charge in [0.05, 0.1) is 6.33 Å². The number of nitrogen functional groups attached to an aromatic ring is 1. The second kappa shape index (κ2) is 7.57. The molecular weight excluding hydrogens is 454 g/mol. The van der Waals surface area contributed by atoms with Crippen LogP contribution in [0.1, 0.15) is 5.56 Å². The molecule has 0 saturated carbocycles. The van der Waals surface area contributed by atoms with E-state index in [0.717, 1.165) is 33.9 Å². The average Bonchev–Trinajstić information content (AvgIpc) is 3.36. The van der Waals surface area contributed by atoms with Gasteiger partial charge in [0.2, 0.25) is 6.79 Å². The van der Waals surface area contributed by atoms with E-state index in [1.165, 1.54) is 17.3 Å². The van der Waals surface area contributed by atoms with Gasteiger partial charge in [-0.2, -0.15) is 0 Å². The molecule has 3 aliphatic rings. The quantitative estimate of drug-likeness (QED) is 0.467. The summed E-state index contributed by atoms with van der Waals surface area (Å²) in [6.45, 7) is 0.973. The van der Waals surface area contributed by atoms with E-state index in [2.05, 4.69) is 38.0 Å². The van der Waals surface area contributed by atoms with E-state index >= 15 is 0 Å². The Labute approximate surface area is 179 Å². The molecule has 2 aromatic carbocycles. The van der Waals surface area contributed by atoms with Crippen molar-refractivity contribution in [3.8, 4) is 23.0 Å². The fraction of sp³-hybridized carbons (Fsp3) is 0.150. The lowest BCUT2D eigenvalue weighted by atomic mass is 10.1. The van der Waals surface area contributed by atoms with Crippen molar-refractivity contribution in [1.29, 1.82) is 0 Å². The molecule has 0 spiro atoms. The molecule has 2 N–H and O–H groups in total. The number of hydrogen-bond acceptors (Lipinski definition) is 7. The van der Waals surface area contributed by atoms with Gasteiger partial charge in [0.15, 0.2) is 34.0 Å². The first-order valence-corrected chi connectivity index (χ1v) is 10.6. The lowest BCUT2D eigenvalue weighted by molar-refractivity contribution is 0.174. The van der Waals surface area contributed by atoms with Crippen LogP contribution >= 0.6 is 27.7 Å². The summed E-state index contributed by atoms with van der Waals surface area (Å²) < 4.78 is 13.8. The summed E-state index contributed by atoms with van der Waals surface area (Å²) in [5, 5.41) is 0.604. The number of hydrogen-bond donors (Lipinski definition) is 1. The van der Waals surface area contributed by atoms with Gasteiger partial charge in [-0.05, 0) is 51.8 Å². The minimum absolute atomic E-state index is 0.232. The van der Waals surface area contributed by atoms with E-state index in [1.807, 2.05) is 34.9 Å². The Balaban J connectivity index is 1.44. The van der Waals surface area contributed by atoms with E-state index in [-0.39, 0.29) is 6.79 Å². The molecular formula is C20H16BrN5O2S. The van der Waals surface area contributed by atoms with E-state index in [4.69, 9.17) is 20.2 Å². The van der Waals surface area contributed by atoms with Crippen LogP contribution in [0.5, 0.6) is 11.5 Å². The van der Waals surface area contributed by atoms with Gasteiger partial charge in [-0.15, -0.1) is 0 Å². The third-order valence-electron chi connectivity index (χ3n) is 4.58. The van der Waals surface area contributed by atoms with Crippen molar-refractivity contribution in [3.05, 3.63) is 58.8 Å². The van der Waals surface area contributed by atoms with Crippen LogP contribution < -0.4 is 15.2 Å². The highest BCUT2D eigenvalue weighted by Gasteiger charge is 2.22. The van der Waals surface area contributed by atoms with Crippen LogP contribution in [0.3, 0.4) is 0 Å². The summed E-state index contributed by atoms with van der Waals surface area (Å²) in [5.41, 5.74) is 7.92. The highest BCUT2D eigenvalue weighted by atomic mass is 79.9. The third kappa shape index (κ3) is 3.63. The number of halogens is 1. The predicted molar refractivity (Wildman–Crippen MR) is 113 cm³/mol. The predicted octanol–water partition coefficient (Wildman–Crippen LogP) is 4.25. The van der Waals surface area contributed by atoms with Crippen molar-refractivity contribution in [2.75, 3.05) is 12.5 Å². The number of anilines is 1. The monoisotopic (exact) mass is 469 g/mol. The van der Waals surface area contributed by atoms with E-state index in [0.29, 0.717) is 22.4 Å². The summed E-state index contributed by atoms with van der Waals surface area (Å²) in [5.74, 6) is 2.54. The van der Waals surface area contributed by atoms with Crippen LogP contribution in [0.2, 0.25) is 0 Å². The van der Waals surface area contributed by atoms with Gasteiger partial charge in [-0.25, -0.2) is 15.0 Å². The van der Waals surface area contributed by atoms with Crippen molar-refractivity contribution in [2.45, 2.75) is 23.0 Å². The van der Waals surface area contributed by atoms with Crippen LogP contribution in [-0.2, 0) is 13.0 Å². The molecule has 0 aliphatic carbocycles. The Bertz CT molecular complexity index is 1150. The van der Waals surface area contributed by atoms with Crippen LogP contribution in [0.15, 0.2) is 63.3 Å². The van der Waals surface area contributed by atoms with Gasteiger partial charge < -0.3 is 19.8 Å². The Morgan fingerprint density at radius 3 is 2.72 bits per heavy atom. The molecule has 29 heavy (non-hydrogen) atoms. The highest BCUT2D eigenvalue weighted by molar-refractivity contribution is 9.10. The van der Waals surface area contributed by atoms with E-state index in [1.54, 1.807) is 6.33 Å². The molecule has 0 aromatic heterocycles. The second-order valence-electron chi connectivity index (χ2n) is 6.48. The molecule has 0 saturated heterocycles. The first kappa shape index (κ1) is 18.3. The minimum atomic E-state index is 0.232. The normalized spacial score (nSPS) is 12.6. The van der Waals surface area contributed by atoms with Crippen molar-refractivity contribution >= 4 is 33.5 Å². The zero-order valence-electron chi connectivity index (χ0n) is 15.2. The Kier molecular flexibility index (Phi) is 4.76. The van der Waals surface area contributed by atoms with Crippen LogP contribution in [-0.4, -0.2) is 26.3 Å². The minimum Gasteiger partial charge on any atom is -0.454 e. The maximum absolute atomic E-state index is 6.06. The lowest BCUT2D eigenvalue weighted by Crippen LogP contribution is -2.09. The first-order chi connectivity index (χ1) is 14.2. The van der Waals surface area contributed by atoms with E-state index in [9.17, 15) is 0 Å². The number of fused-ring (bicyclic) bond motifs is 2. The van der Waals surface area contributed by atoms with E-state index < -0.39 is 0 Å². The largest absolute Gasteiger partial charge is 0.454 e. The summed E-state index contributed by atoms with van der Waals surface area (Å²) in [7, 11) is 0.